The summed E-state index contributed by atoms with van der Waals surface area (Å²) in [6, 6.07) is 7.13. The topological polar surface area (TPSA) is 35.6 Å². The Morgan fingerprint density at radius 3 is 2.89 bits per heavy atom. The van der Waals surface area contributed by atoms with Crippen LogP contribution in [0.25, 0.3) is 0 Å². The van der Waals surface area contributed by atoms with Crippen molar-refractivity contribution in [3.05, 3.63) is 29.3 Å². The molecule has 1 N–H and O–H groups in total. The number of benzene rings is 1. The van der Waals surface area contributed by atoms with Gasteiger partial charge in [0.15, 0.2) is 0 Å². The van der Waals surface area contributed by atoms with Crippen LogP contribution >= 0.6 is 0 Å². The molecule has 3 rings (SSSR count). The number of likely N-dealkylation sites (N-methyl/N-ethyl adjacent to an activating group) is 2. The summed E-state index contributed by atoms with van der Waals surface area (Å²) in [5.41, 5.74) is 3.59. The summed E-state index contributed by atoms with van der Waals surface area (Å²) in [6.07, 6.45) is 1.61. The van der Waals surface area contributed by atoms with E-state index in [0.29, 0.717) is 12.5 Å². The fourth-order valence-electron chi connectivity index (χ4n) is 2.75. The number of amides is 1. The Morgan fingerprint density at radius 2 is 2.21 bits per heavy atom. The lowest BCUT2D eigenvalue weighted by molar-refractivity contribution is -0.117. The van der Waals surface area contributed by atoms with E-state index in [-0.39, 0.29) is 5.91 Å². The van der Waals surface area contributed by atoms with E-state index in [1.54, 1.807) is 4.90 Å². The maximum Gasteiger partial charge on any atom is 0.231 e. The highest BCUT2D eigenvalue weighted by atomic mass is 16.2. The van der Waals surface area contributed by atoms with Gasteiger partial charge >= 0.3 is 0 Å². The zero-order chi connectivity index (χ0) is 13.4. The van der Waals surface area contributed by atoms with Crippen molar-refractivity contribution >= 4 is 11.6 Å². The molecule has 0 bridgehead atoms. The van der Waals surface area contributed by atoms with E-state index in [4.69, 9.17) is 0 Å². The van der Waals surface area contributed by atoms with Gasteiger partial charge in [0.05, 0.1) is 6.42 Å². The quantitative estimate of drug-likeness (QED) is 0.862. The van der Waals surface area contributed by atoms with Crippen LogP contribution in [0.2, 0.25) is 0 Å². The Hall–Kier alpha value is -1.39. The Morgan fingerprint density at radius 1 is 1.42 bits per heavy atom. The largest absolute Gasteiger partial charge is 0.315 e. The van der Waals surface area contributed by atoms with Crippen molar-refractivity contribution in [2.45, 2.75) is 18.9 Å². The highest BCUT2D eigenvalue weighted by Crippen LogP contribution is 2.28. The minimum atomic E-state index is 0.199. The lowest BCUT2D eigenvalue weighted by Gasteiger charge is -2.35. The van der Waals surface area contributed by atoms with Crippen LogP contribution < -0.4 is 10.2 Å². The smallest absolute Gasteiger partial charge is 0.231 e. The fourth-order valence-corrected chi connectivity index (χ4v) is 2.75. The first kappa shape index (κ1) is 12.6. The van der Waals surface area contributed by atoms with E-state index < -0.39 is 0 Å². The number of fused-ring (bicyclic) bond motifs is 1. The molecule has 1 fully saturated rings. The molecule has 0 aliphatic carbocycles. The van der Waals surface area contributed by atoms with Crippen LogP contribution in [-0.2, 0) is 17.6 Å². The molecule has 2 aliphatic heterocycles. The summed E-state index contributed by atoms with van der Waals surface area (Å²) in [5.74, 6) is 0.199. The molecule has 0 unspecified atom stereocenters. The van der Waals surface area contributed by atoms with E-state index in [9.17, 15) is 4.79 Å². The van der Waals surface area contributed by atoms with Crippen LogP contribution in [0.3, 0.4) is 0 Å². The first-order valence-corrected chi connectivity index (χ1v) is 6.94. The fraction of sp³-hybridized carbons (Fsp3) is 0.533. The summed E-state index contributed by atoms with van der Waals surface area (Å²) < 4.78 is 0. The van der Waals surface area contributed by atoms with E-state index in [1.807, 2.05) is 7.05 Å². The van der Waals surface area contributed by atoms with Gasteiger partial charge in [0.25, 0.3) is 0 Å². The molecule has 1 amide bonds. The number of nitrogens with zero attached hydrogens (tertiary/aromatic N) is 2. The predicted molar refractivity (Wildman–Crippen MR) is 76.5 cm³/mol. The predicted octanol–water partition coefficient (Wildman–Crippen LogP) is 0.652. The Balaban J connectivity index is 1.63. The average Bonchev–Trinajstić information content (AvgIpc) is 2.60. The standard InChI is InChI=1S/C15H21N3O/c1-17(13-9-16-10-13)6-5-11-3-4-14-12(7-11)8-15(19)18(14)2/h3-4,7,13,16H,5-6,8-10H2,1-2H3. The normalized spacial score (nSPS) is 18.9. The van der Waals surface area contributed by atoms with E-state index >= 15 is 0 Å². The number of carbonyl (C=O) groups excluding carboxylic acids is 1. The molecule has 1 aromatic carbocycles. The molecule has 4 heteroatoms. The molecule has 0 atom stereocenters. The first-order valence-electron chi connectivity index (χ1n) is 6.94. The second kappa shape index (κ2) is 4.94. The second-order valence-corrected chi connectivity index (χ2v) is 5.64. The highest BCUT2D eigenvalue weighted by Gasteiger charge is 2.24. The van der Waals surface area contributed by atoms with E-state index in [1.165, 1.54) is 11.1 Å². The number of anilines is 1. The van der Waals surface area contributed by atoms with Crippen molar-refractivity contribution in [2.75, 3.05) is 38.6 Å². The molecule has 1 saturated heterocycles. The van der Waals surface area contributed by atoms with Crippen LogP contribution in [0, 0.1) is 0 Å². The van der Waals surface area contributed by atoms with Crippen LogP contribution in [0.5, 0.6) is 0 Å². The molecule has 0 radical (unpaired) electrons. The Kier molecular flexibility index (Phi) is 3.29. The molecule has 2 aliphatic rings. The zero-order valence-corrected chi connectivity index (χ0v) is 11.6. The van der Waals surface area contributed by atoms with Gasteiger partial charge in [-0.3, -0.25) is 4.79 Å². The third-order valence-electron chi connectivity index (χ3n) is 4.36. The number of carbonyl (C=O) groups is 1. The molecule has 1 aromatic rings. The van der Waals surface area contributed by atoms with Gasteiger partial charge in [-0.05, 0) is 30.7 Å². The van der Waals surface area contributed by atoms with Crippen molar-refractivity contribution in [1.82, 2.24) is 10.2 Å². The number of hydrogen-bond acceptors (Lipinski definition) is 3. The maximum absolute atomic E-state index is 11.7. The van der Waals surface area contributed by atoms with Crippen molar-refractivity contribution in [3.8, 4) is 0 Å². The monoisotopic (exact) mass is 259 g/mol. The van der Waals surface area contributed by atoms with Crippen LogP contribution in [-0.4, -0.2) is 50.6 Å². The van der Waals surface area contributed by atoms with Crippen molar-refractivity contribution in [3.63, 3.8) is 0 Å². The first-order chi connectivity index (χ1) is 9.15. The molecule has 2 heterocycles. The van der Waals surface area contributed by atoms with Gasteiger partial charge < -0.3 is 15.1 Å². The molecular weight excluding hydrogens is 238 g/mol. The van der Waals surface area contributed by atoms with Gasteiger partial charge in [-0.25, -0.2) is 0 Å². The minimum absolute atomic E-state index is 0.199. The third kappa shape index (κ3) is 2.38. The molecule has 0 saturated carbocycles. The van der Waals surface area contributed by atoms with Crippen LogP contribution in [0.15, 0.2) is 18.2 Å². The number of hydrogen-bond donors (Lipinski definition) is 1. The van der Waals surface area contributed by atoms with Crippen molar-refractivity contribution in [1.29, 1.82) is 0 Å². The van der Waals surface area contributed by atoms with Gasteiger partial charge in [0.1, 0.15) is 0 Å². The summed E-state index contributed by atoms with van der Waals surface area (Å²) in [6.45, 7) is 3.30. The molecular formula is C15H21N3O. The summed E-state index contributed by atoms with van der Waals surface area (Å²) in [5, 5.41) is 3.30. The van der Waals surface area contributed by atoms with Crippen molar-refractivity contribution < 1.29 is 4.79 Å². The SMILES string of the molecule is CN1C(=O)Cc2cc(CCN(C)C3CNC3)ccc21. The molecule has 19 heavy (non-hydrogen) atoms. The van der Waals surface area contributed by atoms with Crippen molar-refractivity contribution in [2.24, 2.45) is 0 Å². The Labute approximate surface area is 114 Å². The summed E-state index contributed by atoms with van der Waals surface area (Å²) in [7, 11) is 4.04. The second-order valence-electron chi connectivity index (χ2n) is 5.64. The lowest BCUT2D eigenvalue weighted by Crippen LogP contribution is -2.56. The highest BCUT2D eigenvalue weighted by molar-refractivity contribution is 6.00. The van der Waals surface area contributed by atoms with Gasteiger partial charge in [0.2, 0.25) is 5.91 Å². The molecule has 0 spiro atoms. The average molecular weight is 259 g/mol. The zero-order valence-electron chi connectivity index (χ0n) is 11.6. The van der Waals surface area contributed by atoms with E-state index in [0.717, 1.165) is 31.7 Å². The number of rotatable bonds is 4. The van der Waals surface area contributed by atoms with Gasteiger partial charge in [-0.15, -0.1) is 0 Å². The van der Waals surface area contributed by atoms with Crippen LogP contribution in [0.1, 0.15) is 11.1 Å². The molecule has 0 aromatic heterocycles. The van der Waals surface area contributed by atoms with Crippen LogP contribution in [0.4, 0.5) is 5.69 Å². The third-order valence-corrected chi connectivity index (χ3v) is 4.36. The lowest BCUT2D eigenvalue weighted by atomic mass is 10.0. The minimum Gasteiger partial charge on any atom is -0.315 e. The number of nitrogens with one attached hydrogen (secondary N) is 1. The molecule has 102 valence electrons. The Bertz CT molecular complexity index is 496. The van der Waals surface area contributed by atoms with Gasteiger partial charge in [0, 0.05) is 38.4 Å². The summed E-state index contributed by atoms with van der Waals surface area (Å²) >= 11 is 0. The summed E-state index contributed by atoms with van der Waals surface area (Å²) in [4.78, 5) is 15.8. The van der Waals surface area contributed by atoms with Gasteiger partial charge in [-0.2, -0.15) is 0 Å². The van der Waals surface area contributed by atoms with E-state index in [2.05, 4.69) is 35.5 Å². The maximum atomic E-state index is 11.7. The van der Waals surface area contributed by atoms with Gasteiger partial charge in [-0.1, -0.05) is 12.1 Å². The molecule has 4 nitrogen and oxygen atoms in total.